The van der Waals surface area contributed by atoms with Crippen molar-refractivity contribution < 1.29 is 4.79 Å². The molecule has 2 aromatic carbocycles. The van der Waals surface area contributed by atoms with Crippen LogP contribution in [0.15, 0.2) is 73.2 Å². The highest BCUT2D eigenvalue weighted by atomic mass is 16.1. The number of nitrogens with one attached hydrogen (secondary N) is 1. The number of rotatable bonds is 4. The Morgan fingerprint density at radius 3 is 2.50 bits per heavy atom. The van der Waals surface area contributed by atoms with Crippen LogP contribution in [0.25, 0.3) is 11.1 Å². The third-order valence-electron chi connectivity index (χ3n) is 6.14. The number of pyridine rings is 1. The minimum atomic E-state index is -0.291. The van der Waals surface area contributed by atoms with Gasteiger partial charge in [0.15, 0.2) is 0 Å². The van der Waals surface area contributed by atoms with Gasteiger partial charge in [-0.1, -0.05) is 48.2 Å². The molecule has 0 bridgehead atoms. The molecule has 1 aliphatic rings. The fourth-order valence-corrected chi connectivity index (χ4v) is 4.05. The van der Waals surface area contributed by atoms with Crippen LogP contribution in [-0.2, 0) is 12.6 Å². The molecule has 0 spiro atoms. The molecule has 0 aliphatic heterocycles. The molecule has 2 aromatic heterocycles. The SMILES string of the molecule is Cc1ccc(C(=O)NC2(c3ccccc3)CC2)c(C#Cc2cc(-c3cnn(C)c3)cnc2N)c1. The average Bonchev–Trinajstić information content (AvgIpc) is 3.49. The predicted octanol–water partition coefficient (Wildman–Crippen LogP) is 4.19. The zero-order valence-electron chi connectivity index (χ0n) is 19.2. The Labute approximate surface area is 198 Å². The Bertz CT molecular complexity index is 1440. The first-order chi connectivity index (χ1) is 16.4. The first-order valence-corrected chi connectivity index (χ1v) is 11.2. The molecule has 1 fully saturated rings. The van der Waals surface area contributed by atoms with E-state index in [2.05, 4.69) is 39.4 Å². The number of carbonyl (C=O) groups is 1. The fraction of sp³-hybridized carbons (Fsp3) is 0.179. The summed E-state index contributed by atoms with van der Waals surface area (Å²) in [5.74, 6) is 6.53. The lowest BCUT2D eigenvalue weighted by Gasteiger charge is -2.18. The Hall–Kier alpha value is -4.37. The van der Waals surface area contributed by atoms with E-state index in [9.17, 15) is 4.79 Å². The van der Waals surface area contributed by atoms with Gasteiger partial charge in [-0.3, -0.25) is 9.48 Å². The van der Waals surface area contributed by atoms with E-state index in [4.69, 9.17) is 5.73 Å². The van der Waals surface area contributed by atoms with Crippen LogP contribution >= 0.6 is 0 Å². The maximum Gasteiger partial charge on any atom is 0.253 e. The molecule has 34 heavy (non-hydrogen) atoms. The van der Waals surface area contributed by atoms with E-state index in [-0.39, 0.29) is 11.4 Å². The minimum Gasteiger partial charge on any atom is -0.383 e. The quantitative estimate of drug-likeness (QED) is 0.459. The van der Waals surface area contributed by atoms with Crippen molar-refractivity contribution in [1.82, 2.24) is 20.1 Å². The highest BCUT2D eigenvalue weighted by molar-refractivity contribution is 5.97. The summed E-state index contributed by atoms with van der Waals surface area (Å²) in [4.78, 5) is 17.6. The lowest BCUT2D eigenvalue weighted by molar-refractivity contribution is 0.0930. The Kier molecular flexibility index (Phi) is 5.39. The van der Waals surface area contributed by atoms with Crippen LogP contribution in [0.1, 0.15) is 45.5 Å². The average molecular weight is 448 g/mol. The molecule has 0 unspecified atom stereocenters. The van der Waals surface area contributed by atoms with Crippen LogP contribution in [0.4, 0.5) is 5.82 Å². The molecule has 0 radical (unpaired) electrons. The highest BCUT2D eigenvalue weighted by Crippen LogP contribution is 2.45. The van der Waals surface area contributed by atoms with E-state index >= 15 is 0 Å². The van der Waals surface area contributed by atoms with Crippen LogP contribution < -0.4 is 11.1 Å². The number of benzene rings is 2. The number of aromatic nitrogens is 3. The van der Waals surface area contributed by atoms with Crippen molar-refractivity contribution in [1.29, 1.82) is 0 Å². The van der Waals surface area contributed by atoms with Crippen molar-refractivity contribution in [3.63, 3.8) is 0 Å². The number of nitrogens with zero attached hydrogens (tertiary/aromatic N) is 3. The second kappa shape index (κ2) is 8.53. The van der Waals surface area contributed by atoms with E-state index < -0.39 is 0 Å². The van der Waals surface area contributed by atoms with Gasteiger partial charge in [0.2, 0.25) is 0 Å². The summed E-state index contributed by atoms with van der Waals surface area (Å²) in [7, 11) is 1.86. The maximum atomic E-state index is 13.3. The lowest BCUT2D eigenvalue weighted by Crippen LogP contribution is -2.35. The molecule has 1 aliphatic carbocycles. The predicted molar refractivity (Wildman–Crippen MR) is 133 cm³/mol. The number of aryl methyl sites for hydroxylation is 2. The minimum absolute atomic E-state index is 0.124. The molecule has 1 saturated carbocycles. The van der Waals surface area contributed by atoms with Crippen molar-refractivity contribution in [2.75, 3.05) is 5.73 Å². The third-order valence-corrected chi connectivity index (χ3v) is 6.14. The number of hydrogen-bond donors (Lipinski definition) is 2. The Balaban J connectivity index is 1.46. The van der Waals surface area contributed by atoms with E-state index in [1.165, 1.54) is 0 Å². The number of carbonyl (C=O) groups excluding carboxylic acids is 1. The van der Waals surface area contributed by atoms with Gasteiger partial charge in [0, 0.05) is 36.1 Å². The normalized spacial score (nSPS) is 13.6. The summed E-state index contributed by atoms with van der Waals surface area (Å²) in [5, 5.41) is 7.46. The maximum absolute atomic E-state index is 13.3. The zero-order valence-corrected chi connectivity index (χ0v) is 19.2. The third kappa shape index (κ3) is 4.28. The zero-order chi connectivity index (χ0) is 23.7. The molecule has 6 heteroatoms. The van der Waals surface area contributed by atoms with Gasteiger partial charge in [0.1, 0.15) is 5.82 Å². The van der Waals surface area contributed by atoms with E-state index in [0.717, 1.165) is 35.1 Å². The monoisotopic (exact) mass is 447 g/mol. The van der Waals surface area contributed by atoms with Gasteiger partial charge in [-0.15, -0.1) is 0 Å². The first kappa shape index (κ1) is 21.5. The molecular formula is C28H25N5O. The summed E-state index contributed by atoms with van der Waals surface area (Å²) in [5.41, 5.74) is 11.6. The number of nitrogen functional groups attached to an aromatic ring is 1. The summed E-state index contributed by atoms with van der Waals surface area (Å²) in [6.07, 6.45) is 7.25. The van der Waals surface area contributed by atoms with Crippen LogP contribution in [0, 0.1) is 18.8 Å². The van der Waals surface area contributed by atoms with Gasteiger partial charge in [-0.05, 0) is 49.1 Å². The number of anilines is 1. The molecule has 1 amide bonds. The number of nitrogens with two attached hydrogens (primary N) is 1. The summed E-state index contributed by atoms with van der Waals surface area (Å²) in [6, 6.07) is 17.7. The standard InChI is InChI=1S/C28H25N5O/c1-19-8-11-25(27(34)32-28(12-13-28)24-6-4-3-5-7-24)20(14-19)9-10-21-15-22(16-30-26(21)29)23-17-31-33(2)18-23/h3-8,11,14-18H,12-13H2,1-2H3,(H2,29,30)(H,32,34). The first-order valence-electron chi connectivity index (χ1n) is 11.2. The molecule has 0 atom stereocenters. The molecule has 168 valence electrons. The Morgan fingerprint density at radius 1 is 1.03 bits per heavy atom. The van der Waals surface area contributed by atoms with Gasteiger partial charge < -0.3 is 11.1 Å². The van der Waals surface area contributed by atoms with Gasteiger partial charge in [-0.2, -0.15) is 5.10 Å². The van der Waals surface area contributed by atoms with E-state index in [1.807, 2.05) is 62.6 Å². The molecule has 4 aromatic rings. The van der Waals surface area contributed by atoms with Crippen molar-refractivity contribution in [2.45, 2.75) is 25.3 Å². The molecule has 5 rings (SSSR count). The topological polar surface area (TPSA) is 85.8 Å². The van der Waals surface area contributed by atoms with Gasteiger partial charge >= 0.3 is 0 Å². The van der Waals surface area contributed by atoms with Gasteiger partial charge in [0.25, 0.3) is 5.91 Å². The van der Waals surface area contributed by atoms with Crippen molar-refractivity contribution in [3.05, 3.63) is 101 Å². The van der Waals surface area contributed by atoms with Crippen molar-refractivity contribution >= 4 is 11.7 Å². The molecule has 3 N–H and O–H groups in total. The largest absolute Gasteiger partial charge is 0.383 e. The fourth-order valence-electron chi connectivity index (χ4n) is 4.05. The molecule has 2 heterocycles. The van der Waals surface area contributed by atoms with Gasteiger partial charge in [0.05, 0.1) is 22.9 Å². The summed E-state index contributed by atoms with van der Waals surface area (Å²) in [6.45, 7) is 1.98. The molecule has 0 saturated heterocycles. The van der Waals surface area contributed by atoms with Gasteiger partial charge in [-0.25, -0.2) is 4.98 Å². The van der Waals surface area contributed by atoms with Crippen LogP contribution in [-0.4, -0.2) is 20.7 Å². The second-order valence-electron chi connectivity index (χ2n) is 8.76. The molecule has 6 nitrogen and oxygen atoms in total. The summed E-state index contributed by atoms with van der Waals surface area (Å²) >= 11 is 0. The van der Waals surface area contributed by atoms with Crippen LogP contribution in [0.5, 0.6) is 0 Å². The van der Waals surface area contributed by atoms with Crippen molar-refractivity contribution in [2.24, 2.45) is 7.05 Å². The van der Waals surface area contributed by atoms with E-state index in [0.29, 0.717) is 22.5 Å². The number of amides is 1. The Morgan fingerprint density at radius 2 is 1.79 bits per heavy atom. The van der Waals surface area contributed by atoms with Crippen LogP contribution in [0.3, 0.4) is 0 Å². The smallest absolute Gasteiger partial charge is 0.253 e. The highest BCUT2D eigenvalue weighted by Gasteiger charge is 2.45. The second-order valence-corrected chi connectivity index (χ2v) is 8.76. The van der Waals surface area contributed by atoms with Crippen LogP contribution in [0.2, 0.25) is 0 Å². The number of hydrogen-bond acceptors (Lipinski definition) is 4. The molecular weight excluding hydrogens is 422 g/mol. The van der Waals surface area contributed by atoms with E-state index in [1.54, 1.807) is 17.1 Å². The van der Waals surface area contributed by atoms with Crippen molar-refractivity contribution in [3.8, 4) is 23.0 Å². The summed E-state index contributed by atoms with van der Waals surface area (Å²) < 4.78 is 1.73. The lowest BCUT2D eigenvalue weighted by atomic mass is 10.0.